The van der Waals surface area contributed by atoms with Crippen LogP contribution in [0.15, 0.2) is 42.5 Å². The highest BCUT2D eigenvalue weighted by Gasteiger charge is 2.17. The lowest BCUT2D eigenvalue weighted by atomic mass is 9.92. The molecule has 3 rings (SSSR count). The van der Waals surface area contributed by atoms with Gasteiger partial charge in [-0.2, -0.15) is 0 Å². The van der Waals surface area contributed by atoms with Gasteiger partial charge in [0.2, 0.25) is 5.78 Å². The molecule has 1 aliphatic rings. The Hall–Kier alpha value is -2.22. The Morgan fingerprint density at radius 1 is 0.938 bits per heavy atom. The molecule has 0 unspecified atom stereocenters. The molecule has 0 heterocycles. The van der Waals surface area contributed by atoms with Gasteiger partial charge in [0.1, 0.15) is 5.71 Å². The molecule has 2 nitrogen and oxygen atoms in total. The number of rotatable bonds is 0. The van der Waals surface area contributed by atoms with Crippen LogP contribution in [-0.4, -0.2) is 11.5 Å². The molecule has 0 aliphatic heterocycles. The number of benzene rings is 2. The quantitative estimate of drug-likeness (QED) is 0.709. The van der Waals surface area contributed by atoms with Gasteiger partial charge >= 0.3 is 0 Å². The van der Waals surface area contributed by atoms with Crippen molar-refractivity contribution < 1.29 is 4.79 Å². The highest BCUT2D eigenvalue weighted by Crippen LogP contribution is 2.24. The molecule has 2 aromatic carbocycles. The molecule has 1 aliphatic carbocycles. The molecule has 0 bridgehead atoms. The third-order valence-corrected chi connectivity index (χ3v) is 2.85. The minimum absolute atomic E-state index is 0.0863. The van der Waals surface area contributed by atoms with Crippen LogP contribution in [-0.2, 0) is 4.79 Å². The number of ketones is 1. The largest absolute Gasteiger partial charge is 0.296 e. The summed E-state index contributed by atoms with van der Waals surface area (Å²) < 4.78 is 0. The van der Waals surface area contributed by atoms with Crippen LogP contribution in [0.25, 0.3) is 16.8 Å². The summed E-state index contributed by atoms with van der Waals surface area (Å²) in [7, 11) is 0. The van der Waals surface area contributed by atoms with Crippen molar-refractivity contribution in [3.63, 3.8) is 0 Å². The van der Waals surface area contributed by atoms with Gasteiger partial charge in [-0.25, -0.2) is 0 Å². The van der Waals surface area contributed by atoms with Crippen LogP contribution in [0.5, 0.6) is 0 Å². The molecular weight excluding hydrogens is 198 g/mol. The normalized spacial score (nSPS) is 14.2. The SMILES string of the molecule is N=C1C(=O)C=Cc2cc3ccccc3cc21. The van der Waals surface area contributed by atoms with E-state index in [1.54, 1.807) is 6.08 Å². The van der Waals surface area contributed by atoms with Crippen LogP contribution >= 0.6 is 0 Å². The Morgan fingerprint density at radius 2 is 1.62 bits per heavy atom. The summed E-state index contributed by atoms with van der Waals surface area (Å²) in [5.74, 6) is -0.220. The molecule has 0 spiro atoms. The molecule has 0 saturated heterocycles. The molecule has 1 N–H and O–H groups in total. The number of fused-ring (bicyclic) bond motifs is 2. The molecule has 0 fully saturated rings. The summed E-state index contributed by atoms with van der Waals surface area (Å²) in [6.07, 6.45) is 3.24. The molecule has 0 atom stereocenters. The van der Waals surface area contributed by atoms with E-state index in [9.17, 15) is 4.79 Å². The topological polar surface area (TPSA) is 40.9 Å². The van der Waals surface area contributed by atoms with Crippen LogP contribution in [0.1, 0.15) is 11.1 Å². The minimum atomic E-state index is -0.220. The van der Waals surface area contributed by atoms with Gasteiger partial charge < -0.3 is 0 Å². The maximum Gasteiger partial charge on any atom is 0.204 e. The molecule has 0 aromatic heterocycles. The molecule has 0 radical (unpaired) electrons. The lowest BCUT2D eigenvalue weighted by Crippen LogP contribution is -2.16. The fourth-order valence-electron chi connectivity index (χ4n) is 1.99. The Labute approximate surface area is 92.7 Å². The maximum absolute atomic E-state index is 11.4. The number of hydrogen-bond donors (Lipinski definition) is 1. The second kappa shape index (κ2) is 3.14. The van der Waals surface area contributed by atoms with Crippen LogP contribution in [0.2, 0.25) is 0 Å². The molecule has 2 aromatic rings. The second-order valence-electron chi connectivity index (χ2n) is 3.86. The standard InChI is InChI=1S/C14H9NO/c15-14-12-8-10-4-2-1-3-9(10)7-11(12)5-6-13(14)16/h1-8,15H. The van der Waals surface area contributed by atoms with Crippen molar-refractivity contribution in [1.82, 2.24) is 0 Å². The Balaban J connectivity index is 2.37. The summed E-state index contributed by atoms with van der Waals surface area (Å²) in [6.45, 7) is 0. The van der Waals surface area contributed by atoms with Gasteiger partial charge in [-0.15, -0.1) is 0 Å². The fourth-order valence-corrected chi connectivity index (χ4v) is 1.99. The minimum Gasteiger partial charge on any atom is -0.296 e. The number of nitrogens with one attached hydrogen (secondary N) is 1. The first-order valence-electron chi connectivity index (χ1n) is 5.10. The van der Waals surface area contributed by atoms with E-state index >= 15 is 0 Å². The smallest absolute Gasteiger partial charge is 0.204 e. The van der Waals surface area contributed by atoms with Crippen molar-refractivity contribution in [3.05, 3.63) is 53.6 Å². The zero-order valence-corrected chi connectivity index (χ0v) is 8.53. The molecule has 76 valence electrons. The first-order valence-corrected chi connectivity index (χ1v) is 5.10. The Bertz CT molecular complexity index is 653. The maximum atomic E-state index is 11.4. The Kier molecular flexibility index (Phi) is 1.77. The van der Waals surface area contributed by atoms with Gasteiger partial charge in [-0.3, -0.25) is 10.2 Å². The van der Waals surface area contributed by atoms with Gasteiger partial charge in [0.05, 0.1) is 0 Å². The number of allylic oxidation sites excluding steroid dienone is 1. The van der Waals surface area contributed by atoms with E-state index < -0.39 is 0 Å². The lowest BCUT2D eigenvalue weighted by molar-refractivity contribution is -0.108. The van der Waals surface area contributed by atoms with E-state index in [0.717, 1.165) is 21.9 Å². The number of carbonyl (C=O) groups is 1. The number of hydrogen-bond acceptors (Lipinski definition) is 2. The summed E-state index contributed by atoms with van der Waals surface area (Å²) in [6, 6.07) is 11.9. The zero-order chi connectivity index (χ0) is 11.1. The van der Waals surface area contributed by atoms with Crippen molar-refractivity contribution >= 4 is 28.3 Å². The number of carbonyl (C=O) groups excluding carboxylic acids is 1. The molecule has 0 amide bonds. The van der Waals surface area contributed by atoms with E-state index in [-0.39, 0.29) is 11.5 Å². The van der Waals surface area contributed by atoms with Crippen LogP contribution in [0.3, 0.4) is 0 Å². The van der Waals surface area contributed by atoms with Crippen molar-refractivity contribution in [2.45, 2.75) is 0 Å². The molecular formula is C14H9NO. The third-order valence-electron chi connectivity index (χ3n) is 2.85. The van der Waals surface area contributed by atoms with E-state index in [1.807, 2.05) is 36.4 Å². The predicted octanol–water partition coefficient (Wildman–Crippen LogP) is 2.80. The van der Waals surface area contributed by atoms with Crippen LogP contribution < -0.4 is 0 Å². The lowest BCUT2D eigenvalue weighted by Gasteiger charge is -2.11. The first-order chi connectivity index (χ1) is 7.75. The summed E-state index contributed by atoms with van der Waals surface area (Å²) in [4.78, 5) is 11.4. The highest BCUT2D eigenvalue weighted by molar-refractivity contribution is 6.51. The highest BCUT2D eigenvalue weighted by atomic mass is 16.1. The van der Waals surface area contributed by atoms with E-state index in [2.05, 4.69) is 0 Å². The summed E-state index contributed by atoms with van der Waals surface area (Å²) in [5.41, 5.74) is 1.76. The van der Waals surface area contributed by atoms with Crippen molar-refractivity contribution in [2.24, 2.45) is 0 Å². The summed E-state index contributed by atoms with van der Waals surface area (Å²) >= 11 is 0. The predicted molar refractivity (Wildman–Crippen MR) is 64.8 cm³/mol. The van der Waals surface area contributed by atoms with Crippen molar-refractivity contribution in [2.75, 3.05) is 0 Å². The fraction of sp³-hybridized carbons (Fsp3) is 0. The van der Waals surface area contributed by atoms with Gasteiger partial charge in [0, 0.05) is 5.56 Å². The second-order valence-corrected chi connectivity index (χ2v) is 3.86. The zero-order valence-electron chi connectivity index (χ0n) is 8.53. The molecule has 16 heavy (non-hydrogen) atoms. The van der Waals surface area contributed by atoms with Crippen LogP contribution in [0, 0.1) is 5.41 Å². The molecule has 2 heteroatoms. The monoisotopic (exact) mass is 207 g/mol. The molecule has 0 saturated carbocycles. The first kappa shape index (κ1) is 9.04. The van der Waals surface area contributed by atoms with Gasteiger partial charge in [-0.05, 0) is 34.5 Å². The van der Waals surface area contributed by atoms with Gasteiger partial charge in [-0.1, -0.05) is 30.3 Å². The van der Waals surface area contributed by atoms with E-state index in [4.69, 9.17) is 5.41 Å². The third kappa shape index (κ3) is 1.20. The summed E-state index contributed by atoms with van der Waals surface area (Å²) in [5, 5.41) is 9.95. The van der Waals surface area contributed by atoms with Crippen molar-refractivity contribution in [1.29, 1.82) is 5.41 Å². The van der Waals surface area contributed by atoms with Gasteiger partial charge in [0.15, 0.2) is 0 Å². The van der Waals surface area contributed by atoms with Crippen molar-refractivity contribution in [3.8, 4) is 0 Å². The average Bonchev–Trinajstić information content (AvgIpc) is 2.32. The Morgan fingerprint density at radius 3 is 2.38 bits per heavy atom. The van der Waals surface area contributed by atoms with E-state index in [1.165, 1.54) is 6.08 Å². The van der Waals surface area contributed by atoms with E-state index in [0.29, 0.717) is 0 Å². The van der Waals surface area contributed by atoms with Crippen LogP contribution in [0.4, 0.5) is 0 Å². The average molecular weight is 207 g/mol. The van der Waals surface area contributed by atoms with Gasteiger partial charge in [0.25, 0.3) is 0 Å².